The molecule has 1 aromatic carbocycles. The molecule has 1 aliphatic heterocycles. The molecule has 0 amide bonds. The molecule has 6 nitrogen and oxygen atoms in total. The van der Waals surface area contributed by atoms with Crippen molar-refractivity contribution >= 4 is 21.9 Å². The van der Waals surface area contributed by atoms with E-state index in [9.17, 15) is 8.42 Å². The second kappa shape index (κ2) is 6.20. The van der Waals surface area contributed by atoms with Gasteiger partial charge in [-0.1, -0.05) is 29.8 Å². The molecule has 1 aliphatic rings. The summed E-state index contributed by atoms with van der Waals surface area (Å²) >= 11 is 6.12. The molecule has 2 atom stereocenters. The first-order valence-corrected chi connectivity index (χ1v) is 8.18. The number of hydrogen-bond donors (Lipinski definition) is 1. The van der Waals surface area contributed by atoms with Crippen LogP contribution >= 0.6 is 11.6 Å². The normalized spacial score (nSPS) is 25.1. The summed E-state index contributed by atoms with van der Waals surface area (Å²) < 4.78 is 41.1. The summed E-state index contributed by atoms with van der Waals surface area (Å²) in [5.74, 6) is -0.896. The lowest BCUT2D eigenvalue weighted by Gasteiger charge is -2.17. The van der Waals surface area contributed by atoms with Crippen LogP contribution in [0.15, 0.2) is 24.3 Å². The lowest BCUT2D eigenvalue weighted by atomic mass is 10.1. The molecule has 0 spiro atoms. The minimum atomic E-state index is -3.88. The van der Waals surface area contributed by atoms with Gasteiger partial charge in [-0.05, 0) is 25.5 Å². The van der Waals surface area contributed by atoms with Crippen LogP contribution in [0.1, 0.15) is 19.4 Å². The first-order valence-electron chi connectivity index (χ1n) is 6.39. The first kappa shape index (κ1) is 16.7. The molecule has 0 aromatic heterocycles. The Labute approximate surface area is 129 Å². The Bertz CT molecular complexity index is 604. The van der Waals surface area contributed by atoms with E-state index in [1.165, 1.54) is 0 Å². The Morgan fingerprint density at radius 1 is 1.33 bits per heavy atom. The first-order chi connectivity index (χ1) is 9.72. The zero-order valence-electron chi connectivity index (χ0n) is 12.0. The van der Waals surface area contributed by atoms with Crippen LogP contribution in [0.4, 0.5) is 0 Å². The molecule has 1 heterocycles. The van der Waals surface area contributed by atoms with Crippen molar-refractivity contribution in [2.75, 3.05) is 7.11 Å². The minimum Gasteiger partial charge on any atom is -0.343 e. The maximum Gasteiger partial charge on any atom is 0.337 e. The van der Waals surface area contributed by atoms with Gasteiger partial charge in [0.25, 0.3) is 0 Å². The fourth-order valence-electron chi connectivity index (χ4n) is 2.16. The topological polar surface area (TPSA) is 73.9 Å². The van der Waals surface area contributed by atoms with Crippen molar-refractivity contribution < 1.29 is 22.1 Å². The van der Waals surface area contributed by atoms with Gasteiger partial charge < -0.3 is 9.47 Å². The summed E-state index contributed by atoms with van der Waals surface area (Å²) in [5, 5.41) is 0.596. The number of hydrogen-bond acceptors (Lipinski definition) is 5. The lowest BCUT2D eigenvalue weighted by Crippen LogP contribution is -2.43. The molecule has 1 saturated heterocycles. The highest BCUT2D eigenvalue weighted by atomic mass is 35.5. The van der Waals surface area contributed by atoms with Gasteiger partial charge in [0, 0.05) is 11.4 Å². The predicted octanol–water partition coefficient (Wildman–Crippen LogP) is 1.84. The van der Waals surface area contributed by atoms with E-state index in [1.54, 1.807) is 19.9 Å². The van der Waals surface area contributed by atoms with Crippen LogP contribution in [0.5, 0.6) is 0 Å². The molecule has 8 heteroatoms. The molecular formula is C13H18ClNO5S. The summed E-state index contributed by atoms with van der Waals surface area (Å²) in [5.41, 5.74) is 0.854. The third-order valence-corrected chi connectivity index (χ3v) is 4.37. The Morgan fingerprint density at radius 2 is 2.00 bits per heavy atom. The largest absolute Gasteiger partial charge is 0.343 e. The predicted molar refractivity (Wildman–Crippen MR) is 78.0 cm³/mol. The average Bonchev–Trinajstić information content (AvgIpc) is 2.66. The number of ether oxygens (including phenoxy) is 2. The molecule has 2 unspecified atom stereocenters. The molecule has 2 rings (SSSR count). The Hall–Kier alpha value is -0.700. The molecule has 1 aromatic rings. The monoisotopic (exact) mass is 335 g/mol. The lowest BCUT2D eigenvalue weighted by molar-refractivity contribution is -0.146. The van der Waals surface area contributed by atoms with Gasteiger partial charge in [-0.2, -0.15) is 13.1 Å². The summed E-state index contributed by atoms with van der Waals surface area (Å²) in [6.45, 7) is 3.43. The summed E-state index contributed by atoms with van der Waals surface area (Å²) in [7, 11) is -2.80. The molecule has 21 heavy (non-hydrogen) atoms. The highest BCUT2D eigenvalue weighted by Crippen LogP contribution is 2.30. The van der Waals surface area contributed by atoms with E-state index in [4.69, 9.17) is 21.1 Å². The highest BCUT2D eigenvalue weighted by molar-refractivity contribution is 7.84. The van der Waals surface area contributed by atoms with E-state index < -0.39 is 28.4 Å². The highest BCUT2D eigenvalue weighted by Gasteiger charge is 2.43. The standard InChI is InChI=1S/C13H18ClNO5S/c1-13(2)19-11(8-9-6-4-5-7-10(9)14)12(20-13)15-21(16,17)18-3/h4-7,11-12,15H,8H2,1-3H3. The van der Waals surface area contributed by atoms with Crippen LogP contribution in [-0.2, 0) is 30.4 Å². The molecule has 0 radical (unpaired) electrons. The Balaban J connectivity index is 2.17. The molecule has 118 valence electrons. The molecule has 0 saturated carbocycles. The summed E-state index contributed by atoms with van der Waals surface area (Å²) in [4.78, 5) is 0. The minimum absolute atomic E-state index is 0.417. The van der Waals surface area contributed by atoms with Crippen molar-refractivity contribution in [3.8, 4) is 0 Å². The number of benzene rings is 1. The number of halogens is 1. The second-order valence-electron chi connectivity index (χ2n) is 5.13. The molecule has 1 fully saturated rings. The van der Waals surface area contributed by atoms with Crippen LogP contribution in [0.25, 0.3) is 0 Å². The average molecular weight is 336 g/mol. The third kappa shape index (κ3) is 4.38. The zero-order valence-corrected chi connectivity index (χ0v) is 13.6. The smallest absolute Gasteiger partial charge is 0.337 e. The van der Waals surface area contributed by atoms with E-state index in [1.807, 2.05) is 18.2 Å². The number of nitrogens with one attached hydrogen (secondary N) is 1. The van der Waals surface area contributed by atoms with Gasteiger partial charge in [0.1, 0.15) is 6.10 Å². The van der Waals surface area contributed by atoms with Gasteiger partial charge in [0.05, 0.1) is 7.11 Å². The van der Waals surface area contributed by atoms with Gasteiger partial charge in [-0.25, -0.2) is 0 Å². The van der Waals surface area contributed by atoms with E-state index in [-0.39, 0.29) is 0 Å². The van der Waals surface area contributed by atoms with Crippen LogP contribution in [0.2, 0.25) is 5.02 Å². The fraction of sp³-hybridized carbons (Fsp3) is 0.538. The Kier molecular flexibility index (Phi) is 4.92. The third-order valence-electron chi connectivity index (χ3n) is 3.04. The maximum atomic E-state index is 11.5. The van der Waals surface area contributed by atoms with Crippen molar-refractivity contribution in [1.82, 2.24) is 4.72 Å². The molecule has 0 aliphatic carbocycles. The molecular weight excluding hydrogens is 318 g/mol. The molecule has 1 N–H and O–H groups in total. The van der Waals surface area contributed by atoms with Crippen molar-refractivity contribution in [3.63, 3.8) is 0 Å². The van der Waals surface area contributed by atoms with Crippen molar-refractivity contribution in [2.24, 2.45) is 0 Å². The van der Waals surface area contributed by atoms with Gasteiger partial charge in [0.2, 0.25) is 0 Å². The van der Waals surface area contributed by atoms with Crippen molar-refractivity contribution in [3.05, 3.63) is 34.9 Å². The van der Waals surface area contributed by atoms with E-state index in [0.29, 0.717) is 11.4 Å². The van der Waals surface area contributed by atoms with E-state index >= 15 is 0 Å². The van der Waals surface area contributed by atoms with Gasteiger partial charge >= 0.3 is 10.3 Å². The van der Waals surface area contributed by atoms with Crippen LogP contribution < -0.4 is 4.72 Å². The van der Waals surface area contributed by atoms with Crippen molar-refractivity contribution in [1.29, 1.82) is 0 Å². The van der Waals surface area contributed by atoms with Gasteiger partial charge in [-0.15, -0.1) is 0 Å². The van der Waals surface area contributed by atoms with E-state index in [0.717, 1.165) is 12.7 Å². The summed E-state index contributed by atoms with van der Waals surface area (Å²) in [6.07, 6.45) is -0.939. The Morgan fingerprint density at radius 3 is 2.62 bits per heavy atom. The SMILES string of the molecule is COS(=O)(=O)NC1OC(C)(C)OC1Cc1ccccc1Cl. The van der Waals surface area contributed by atoms with Crippen LogP contribution in [0, 0.1) is 0 Å². The zero-order chi connectivity index (χ0) is 15.7. The van der Waals surface area contributed by atoms with Gasteiger partial charge in [-0.3, -0.25) is 4.18 Å². The fourth-order valence-corrected chi connectivity index (χ4v) is 2.95. The molecule has 0 bridgehead atoms. The van der Waals surface area contributed by atoms with E-state index in [2.05, 4.69) is 8.91 Å². The number of rotatable bonds is 5. The second-order valence-corrected chi connectivity index (χ2v) is 7.01. The van der Waals surface area contributed by atoms with Gasteiger partial charge in [0.15, 0.2) is 12.0 Å². The van der Waals surface area contributed by atoms with Crippen molar-refractivity contribution in [2.45, 2.75) is 38.4 Å². The maximum absolute atomic E-state index is 11.5. The van der Waals surface area contributed by atoms with Crippen LogP contribution in [0.3, 0.4) is 0 Å². The summed E-state index contributed by atoms with van der Waals surface area (Å²) in [6, 6.07) is 7.31. The van der Waals surface area contributed by atoms with Crippen LogP contribution in [-0.4, -0.2) is 33.6 Å². The quantitative estimate of drug-likeness (QED) is 0.888.